The molecule has 0 unspecified atom stereocenters. The Morgan fingerprint density at radius 3 is 2.41 bits per heavy atom. The molecule has 0 saturated heterocycles. The van der Waals surface area contributed by atoms with Crippen molar-refractivity contribution in [3.05, 3.63) is 99.5 Å². The second-order valence-electron chi connectivity index (χ2n) is 7.20. The standard InChI is InChI=1S/C25H23N3OS3/c1-3-27(22-12-8-7-9-18(22)2)23(29)20-13-15-21(16-14-20)28-25(30)32-24(26-28)31-17-19-10-5-4-6-11-19/h4-16H,3,17H2,1-2H3. The summed E-state index contributed by atoms with van der Waals surface area (Å²) >= 11 is 8.72. The third kappa shape index (κ3) is 5.01. The van der Waals surface area contributed by atoms with Crippen LogP contribution in [0.1, 0.15) is 28.4 Å². The van der Waals surface area contributed by atoms with Crippen LogP contribution in [0.3, 0.4) is 0 Å². The fraction of sp³-hybridized carbons (Fsp3) is 0.160. The number of amides is 1. The van der Waals surface area contributed by atoms with Gasteiger partial charge in [-0.25, -0.2) is 4.68 Å². The highest BCUT2D eigenvalue weighted by Crippen LogP contribution is 2.27. The van der Waals surface area contributed by atoms with E-state index in [2.05, 4.69) is 17.2 Å². The third-order valence-corrected chi connectivity index (χ3v) is 7.50. The van der Waals surface area contributed by atoms with E-state index in [1.54, 1.807) is 21.3 Å². The highest BCUT2D eigenvalue weighted by molar-refractivity contribution is 8.00. The molecular formula is C25H23N3OS3. The van der Waals surface area contributed by atoms with E-state index in [-0.39, 0.29) is 5.91 Å². The lowest BCUT2D eigenvalue weighted by Gasteiger charge is -2.23. The molecule has 7 heteroatoms. The molecule has 0 N–H and O–H groups in total. The lowest BCUT2D eigenvalue weighted by molar-refractivity contribution is 0.0988. The lowest BCUT2D eigenvalue weighted by Crippen LogP contribution is -2.31. The van der Waals surface area contributed by atoms with Gasteiger partial charge >= 0.3 is 0 Å². The molecule has 3 aromatic carbocycles. The third-order valence-electron chi connectivity index (χ3n) is 5.06. The zero-order valence-electron chi connectivity index (χ0n) is 17.9. The number of carbonyl (C=O) groups excluding carboxylic acids is 1. The number of hydrogen-bond donors (Lipinski definition) is 0. The fourth-order valence-electron chi connectivity index (χ4n) is 3.39. The number of anilines is 1. The summed E-state index contributed by atoms with van der Waals surface area (Å²) in [6.45, 7) is 4.61. The van der Waals surface area contributed by atoms with Crippen LogP contribution in [0.5, 0.6) is 0 Å². The van der Waals surface area contributed by atoms with Gasteiger partial charge in [-0.1, -0.05) is 71.6 Å². The van der Waals surface area contributed by atoms with Crippen LogP contribution in [0.2, 0.25) is 0 Å². The van der Waals surface area contributed by atoms with Crippen molar-refractivity contribution in [2.45, 2.75) is 23.9 Å². The highest BCUT2D eigenvalue weighted by Gasteiger charge is 2.18. The van der Waals surface area contributed by atoms with Crippen molar-refractivity contribution in [1.82, 2.24) is 9.78 Å². The minimum absolute atomic E-state index is 0.0191. The molecule has 0 fully saturated rings. The van der Waals surface area contributed by atoms with Crippen LogP contribution >= 0.6 is 35.3 Å². The van der Waals surface area contributed by atoms with Crippen LogP contribution in [0.15, 0.2) is 83.2 Å². The molecule has 32 heavy (non-hydrogen) atoms. The predicted molar refractivity (Wildman–Crippen MR) is 137 cm³/mol. The molecule has 0 atom stereocenters. The number of aromatic nitrogens is 2. The molecule has 1 heterocycles. The molecule has 0 saturated carbocycles. The van der Waals surface area contributed by atoms with Gasteiger partial charge in [-0.15, -0.1) is 5.10 Å². The number of benzene rings is 3. The first-order chi connectivity index (χ1) is 15.6. The van der Waals surface area contributed by atoms with Crippen molar-refractivity contribution in [2.75, 3.05) is 11.4 Å². The van der Waals surface area contributed by atoms with Gasteiger partial charge in [0.2, 0.25) is 0 Å². The zero-order chi connectivity index (χ0) is 22.5. The Kier molecular flexibility index (Phi) is 7.19. The lowest BCUT2D eigenvalue weighted by atomic mass is 10.1. The second-order valence-corrected chi connectivity index (χ2v) is 10.0. The van der Waals surface area contributed by atoms with Gasteiger partial charge in [-0.3, -0.25) is 4.79 Å². The summed E-state index contributed by atoms with van der Waals surface area (Å²) in [5, 5.41) is 4.68. The van der Waals surface area contributed by atoms with Gasteiger partial charge in [0, 0.05) is 23.5 Å². The maximum Gasteiger partial charge on any atom is 0.258 e. The average Bonchev–Trinajstić information content (AvgIpc) is 3.20. The Morgan fingerprint density at radius 2 is 1.72 bits per heavy atom. The first kappa shape index (κ1) is 22.5. The Labute approximate surface area is 201 Å². The summed E-state index contributed by atoms with van der Waals surface area (Å²) in [4.78, 5) is 15.0. The second kappa shape index (κ2) is 10.3. The van der Waals surface area contributed by atoms with Crippen molar-refractivity contribution in [3.8, 4) is 5.69 Å². The monoisotopic (exact) mass is 477 g/mol. The van der Waals surface area contributed by atoms with Crippen LogP contribution < -0.4 is 4.90 Å². The summed E-state index contributed by atoms with van der Waals surface area (Å²) in [5.41, 5.74) is 4.76. The number of nitrogens with zero attached hydrogens (tertiary/aromatic N) is 3. The van der Waals surface area contributed by atoms with E-state index >= 15 is 0 Å². The van der Waals surface area contributed by atoms with Crippen molar-refractivity contribution in [1.29, 1.82) is 0 Å². The van der Waals surface area contributed by atoms with E-state index in [4.69, 9.17) is 12.2 Å². The molecule has 162 valence electrons. The van der Waals surface area contributed by atoms with Gasteiger partial charge in [-0.05, 0) is 67.5 Å². The molecule has 0 spiro atoms. The number of thioether (sulfide) groups is 1. The number of rotatable bonds is 7. The summed E-state index contributed by atoms with van der Waals surface area (Å²) in [7, 11) is 0. The zero-order valence-corrected chi connectivity index (χ0v) is 20.3. The maximum absolute atomic E-state index is 13.1. The van der Waals surface area contributed by atoms with E-state index in [0.717, 1.165) is 27.0 Å². The van der Waals surface area contributed by atoms with Crippen molar-refractivity contribution in [2.24, 2.45) is 0 Å². The van der Waals surface area contributed by atoms with Crippen LogP contribution in [-0.2, 0) is 5.75 Å². The normalized spacial score (nSPS) is 10.8. The van der Waals surface area contributed by atoms with Gasteiger partial charge in [-0.2, -0.15) is 0 Å². The Morgan fingerprint density at radius 1 is 1.03 bits per heavy atom. The Balaban J connectivity index is 1.51. The molecule has 0 aliphatic heterocycles. The molecule has 1 amide bonds. The SMILES string of the molecule is CCN(C(=O)c1ccc(-n2nc(SCc3ccccc3)sc2=S)cc1)c1ccccc1C. The van der Waals surface area contributed by atoms with Gasteiger partial charge < -0.3 is 4.90 Å². The minimum Gasteiger partial charge on any atom is -0.308 e. The quantitative estimate of drug-likeness (QED) is 0.214. The molecule has 1 aromatic heterocycles. The average molecular weight is 478 g/mol. The largest absolute Gasteiger partial charge is 0.308 e. The van der Waals surface area contributed by atoms with E-state index in [1.807, 2.05) is 80.6 Å². The van der Waals surface area contributed by atoms with Crippen LogP contribution in [0.25, 0.3) is 5.69 Å². The van der Waals surface area contributed by atoms with Crippen molar-refractivity contribution >= 4 is 46.9 Å². The fourth-order valence-corrected chi connectivity index (χ4v) is 5.71. The summed E-state index contributed by atoms with van der Waals surface area (Å²) in [5.74, 6) is 0.830. The maximum atomic E-state index is 13.1. The van der Waals surface area contributed by atoms with E-state index in [0.29, 0.717) is 16.1 Å². The first-order valence-electron chi connectivity index (χ1n) is 10.3. The molecule has 0 aliphatic carbocycles. The van der Waals surface area contributed by atoms with Crippen molar-refractivity contribution < 1.29 is 4.79 Å². The first-order valence-corrected chi connectivity index (χ1v) is 12.5. The van der Waals surface area contributed by atoms with Crippen LogP contribution in [0.4, 0.5) is 5.69 Å². The molecular weight excluding hydrogens is 454 g/mol. The summed E-state index contributed by atoms with van der Waals surface area (Å²) in [6, 6.07) is 25.7. The molecule has 4 aromatic rings. The van der Waals surface area contributed by atoms with Crippen molar-refractivity contribution in [3.63, 3.8) is 0 Å². The molecule has 0 bridgehead atoms. The summed E-state index contributed by atoms with van der Waals surface area (Å²) in [6.07, 6.45) is 0. The van der Waals surface area contributed by atoms with E-state index in [9.17, 15) is 4.79 Å². The van der Waals surface area contributed by atoms with Gasteiger partial charge in [0.15, 0.2) is 8.29 Å². The molecule has 4 rings (SSSR count). The number of carbonyl (C=O) groups is 1. The smallest absolute Gasteiger partial charge is 0.258 e. The van der Waals surface area contributed by atoms with E-state index < -0.39 is 0 Å². The Hall–Kier alpha value is -2.74. The van der Waals surface area contributed by atoms with Crippen LogP contribution in [0, 0.1) is 10.9 Å². The Bertz CT molecular complexity index is 1260. The van der Waals surface area contributed by atoms with Gasteiger partial charge in [0.1, 0.15) is 0 Å². The van der Waals surface area contributed by atoms with E-state index in [1.165, 1.54) is 16.9 Å². The number of para-hydroxylation sites is 1. The van der Waals surface area contributed by atoms with Gasteiger partial charge in [0.25, 0.3) is 5.91 Å². The highest BCUT2D eigenvalue weighted by atomic mass is 32.2. The number of hydrogen-bond acceptors (Lipinski definition) is 5. The minimum atomic E-state index is -0.0191. The molecule has 4 nitrogen and oxygen atoms in total. The molecule has 0 aliphatic rings. The summed E-state index contributed by atoms with van der Waals surface area (Å²) < 4.78 is 3.38. The molecule has 0 radical (unpaired) electrons. The van der Waals surface area contributed by atoms with Crippen LogP contribution in [-0.4, -0.2) is 22.2 Å². The topological polar surface area (TPSA) is 38.1 Å². The number of aryl methyl sites for hydroxylation is 1. The predicted octanol–water partition coefficient (Wildman–Crippen LogP) is 6.93. The van der Waals surface area contributed by atoms with Gasteiger partial charge in [0.05, 0.1) is 5.69 Å².